The van der Waals surface area contributed by atoms with Crippen molar-refractivity contribution in [1.29, 1.82) is 0 Å². The van der Waals surface area contributed by atoms with E-state index in [0.29, 0.717) is 0 Å². The summed E-state index contributed by atoms with van der Waals surface area (Å²) in [6.07, 6.45) is 8.29. The maximum absolute atomic E-state index is 3.28. The zero-order chi connectivity index (χ0) is 16.8. The molecule has 0 N–H and O–H groups in total. The molecule has 1 aliphatic rings. The highest BCUT2D eigenvalue weighted by Gasteiger charge is 2.21. The molecule has 0 aromatic heterocycles. The number of hydrogen-bond acceptors (Lipinski definition) is 0. The van der Waals surface area contributed by atoms with E-state index in [1.165, 1.54) is 49.7 Å². The van der Waals surface area contributed by atoms with Crippen LogP contribution in [0.2, 0.25) is 0 Å². The molecule has 0 bridgehead atoms. The van der Waals surface area contributed by atoms with Crippen molar-refractivity contribution in [2.75, 3.05) is 0 Å². The average molecular weight is 316 g/mol. The maximum atomic E-state index is 3.28. The molecule has 0 radical (unpaired) electrons. The third kappa shape index (κ3) is 4.51. The van der Waals surface area contributed by atoms with Crippen LogP contribution in [0.25, 0.3) is 0 Å². The van der Waals surface area contributed by atoms with Gasteiger partial charge in [0.25, 0.3) is 0 Å². The Hall–Kier alpha value is -2.00. The van der Waals surface area contributed by atoms with Crippen molar-refractivity contribution in [2.24, 2.45) is 5.92 Å². The molecule has 2 aromatic carbocycles. The summed E-state index contributed by atoms with van der Waals surface area (Å²) in [5.41, 5.74) is 4.97. The van der Waals surface area contributed by atoms with Crippen molar-refractivity contribution in [3.63, 3.8) is 0 Å². The Morgan fingerprint density at radius 1 is 0.792 bits per heavy atom. The highest BCUT2D eigenvalue weighted by atomic mass is 14.3. The van der Waals surface area contributed by atoms with Crippen LogP contribution in [0.1, 0.15) is 73.6 Å². The molecule has 124 valence electrons. The standard InChI is InChI=1S/C24H28/c1-3-4-20-11-15-23(16-12-20)24-17-13-22(14-18-24)10-9-21-7-5-19(2)6-8-21/h5-8,13-14,17-18,20,23H,3-4,11-12,15-16H2,1-2H3. The Morgan fingerprint density at radius 2 is 1.33 bits per heavy atom. The Labute approximate surface area is 147 Å². The molecular weight excluding hydrogens is 288 g/mol. The fraction of sp³-hybridized carbons (Fsp3) is 0.417. The van der Waals surface area contributed by atoms with Gasteiger partial charge in [0.1, 0.15) is 0 Å². The third-order valence-corrected chi connectivity index (χ3v) is 5.33. The van der Waals surface area contributed by atoms with Crippen molar-refractivity contribution >= 4 is 0 Å². The molecule has 0 spiro atoms. The molecule has 0 nitrogen and oxygen atoms in total. The van der Waals surface area contributed by atoms with Crippen molar-refractivity contribution in [3.05, 3.63) is 70.8 Å². The second-order valence-electron chi connectivity index (χ2n) is 7.24. The van der Waals surface area contributed by atoms with Crippen LogP contribution in [0.15, 0.2) is 48.5 Å². The van der Waals surface area contributed by atoms with Crippen LogP contribution in [0.5, 0.6) is 0 Å². The highest BCUT2D eigenvalue weighted by molar-refractivity contribution is 5.44. The summed E-state index contributed by atoms with van der Waals surface area (Å²) >= 11 is 0. The molecule has 0 aliphatic heterocycles. The summed E-state index contributed by atoms with van der Waals surface area (Å²) in [5.74, 6) is 8.28. The fourth-order valence-electron chi connectivity index (χ4n) is 3.81. The van der Waals surface area contributed by atoms with Crippen molar-refractivity contribution in [3.8, 4) is 11.8 Å². The topological polar surface area (TPSA) is 0 Å². The Kier molecular flexibility index (Phi) is 5.76. The molecule has 0 saturated heterocycles. The largest absolute Gasteiger partial charge is 0.0654 e. The minimum Gasteiger partial charge on any atom is -0.0654 e. The van der Waals surface area contributed by atoms with Crippen molar-refractivity contribution < 1.29 is 0 Å². The molecule has 0 heteroatoms. The van der Waals surface area contributed by atoms with E-state index in [2.05, 4.69) is 74.2 Å². The summed E-state index contributed by atoms with van der Waals surface area (Å²) < 4.78 is 0. The van der Waals surface area contributed by atoms with E-state index in [4.69, 9.17) is 0 Å². The first-order valence-corrected chi connectivity index (χ1v) is 9.43. The van der Waals surface area contributed by atoms with Crippen LogP contribution in [0, 0.1) is 24.7 Å². The van der Waals surface area contributed by atoms with Crippen molar-refractivity contribution in [2.45, 2.75) is 58.3 Å². The minimum absolute atomic E-state index is 0.761. The van der Waals surface area contributed by atoms with Gasteiger partial charge < -0.3 is 0 Å². The molecular formula is C24H28. The van der Waals surface area contributed by atoms with E-state index in [0.717, 1.165) is 23.0 Å². The van der Waals surface area contributed by atoms with Crippen LogP contribution in [0.4, 0.5) is 0 Å². The number of rotatable bonds is 3. The van der Waals surface area contributed by atoms with E-state index in [9.17, 15) is 0 Å². The van der Waals surface area contributed by atoms with Gasteiger partial charge in [-0.05, 0) is 74.3 Å². The molecule has 1 aliphatic carbocycles. The first kappa shape index (κ1) is 16.8. The summed E-state index contributed by atoms with van der Waals surface area (Å²) in [7, 11) is 0. The van der Waals surface area contributed by atoms with Gasteiger partial charge >= 0.3 is 0 Å². The lowest BCUT2D eigenvalue weighted by Crippen LogP contribution is -2.13. The predicted molar refractivity (Wildman–Crippen MR) is 103 cm³/mol. The first-order chi connectivity index (χ1) is 11.7. The van der Waals surface area contributed by atoms with E-state index < -0.39 is 0 Å². The maximum Gasteiger partial charge on any atom is 0.0249 e. The van der Waals surface area contributed by atoms with Crippen LogP contribution in [0.3, 0.4) is 0 Å². The van der Waals surface area contributed by atoms with Gasteiger partial charge in [-0.15, -0.1) is 0 Å². The second kappa shape index (κ2) is 8.20. The SMILES string of the molecule is CCCC1CCC(c2ccc(C#Cc3ccc(C)cc3)cc2)CC1. The monoisotopic (exact) mass is 316 g/mol. The summed E-state index contributed by atoms with van der Waals surface area (Å²) in [5, 5.41) is 0. The number of hydrogen-bond donors (Lipinski definition) is 0. The highest BCUT2D eigenvalue weighted by Crippen LogP contribution is 2.37. The van der Waals surface area contributed by atoms with Gasteiger partial charge in [-0.25, -0.2) is 0 Å². The average Bonchev–Trinajstić information content (AvgIpc) is 2.63. The third-order valence-electron chi connectivity index (χ3n) is 5.33. The van der Waals surface area contributed by atoms with E-state index >= 15 is 0 Å². The van der Waals surface area contributed by atoms with Gasteiger partial charge in [-0.1, -0.05) is 61.4 Å². The van der Waals surface area contributed by atoms with E-state index in [-0.39, 0.29) is 0 Å². The normalized spacial score (nSPS) is 20.2. The number of benzene rings is 2. The lowest BCUT2D eigenvalue weighted by Gasteiger charge is -2.28. The second-order valence-corrected chi connectivity index (χ2v) is 7.24. The van der Waals surface area contributed by atoms with Crippen LogP contribution >= 0.6 is 0 Å². The lowest BCUT2D eigenvalue weighted by molar-refractivity contribution is 0.308. The summed E-state index contributed by atoms with van der Waals surface area (Å²) in [4.78, 5) is 0. The fourth-order valence-corrected chi connectivity index (χ4v) is 3.81. The lowest BCUT2D eigenvalue weighted by atomic mass is 9.77. The molecule has 0 atom stereocenters. The van der Waals surface area contributed by atoms with Gasteiger partial charge in [0.2, 0.25) is 0 Å². The zero-order valence-corrected chi connectivity index (χ0v) is 15.0. The van der Waals surface area contributed by atoms with E-state index in [1.54, 1.807) is 0 Å². The van der Waals surface area contributed by atoms with Gasteiger partial charge in [-0.3, -0.25) is 0 Å². The molecule has 0 amide bonds. The molecule has 0 unspecified atom stereocenters. The summed E-state index contributed by atoms with van der Waals surface area (Å²) in [6.45, 7) is 4.41. The van der Waals surface area contributed by atoms with Crippen molar-refractivity contribution in [1.82, 2.24) is 0 Å². The Balaban J connectivity index is 1.61. The van der Waals surface area contributed by atoms with Crippen LogP contribution < -0.4 is 0 Å². The van der Waals surface area contributed by atoms with Gasteiger partial charge in [-0.2, -0.15) is 0 Å². The van der Waals surface area contributed by atoms with Crippen LogP contribution in [-0.2, 0) is 0 Å². The molecule has 0 heterocycles. The molecule has 2 aromatic rings. The molecule has 1 fully saturated rings. The molecule has 3 rings (SSSR count). The Bertz CT molecular complexity index is 686. The quantitative estimate of drug-likeness (QED) is 0.569. The minimum atomic E-state index is 0.761. The predicted octanol–water partition coefficient (Wildman–Crippen LogP) is 6.47. The van der Waals surface area contributed by atoms with Crippen LogP contribution in [-0.4, -0.2) is 0 Å². The van der Waals surface area contributed by atoms with Gasteiger partial charge in [0.05, 0.1) is 0 Å². The van der Waals surface area contributed by atoms with Gasteiger partial charge in [0, 0.05) is 11.1 Å². The van der Waals surface area contributed by atoms with E-state index in [1.807, 2.05) is 0 Å². The zero-order valence-electron chi connectivity index (χ0n) is 15.0. The summed E-state index contributed by atoms with van der Waals surface area (Å²) in [6, 6.07) is 17.4. The smallest absolute Gasteiger partial charge is 0.0249 e. The molecule has 1 saturated carbocycles. The van der Waals surface area contributed by atoms with Gasteiger partial charge in [0.15, 0.2) is 0 Å². The molecule has 24 heavy (non-hydrogen) atoms. The number of aryl methyl sites for hydroxylation is 1. The Morgan fingerprint density at radius 3 is 1.88 bits per heavy atom. The first-order valence-electron chi connectivity index (χ1n) is 9.43.